The van der Waals surface area contributed by atoms with Crippen molar-refractivity contribution in [1.82, 2.24) is 5.32 Å². The van der Waals surface area contributed by atoms with Crippen LogP contribution in [0.4, 0.5) is 5.69 Å². The van der Waals surface area contributed by atoms with Gasteiger partial charge in [-0.15, -0.1) is 0 Å². The second kappa shape index (κ2) is 8.53. The van der Waals surface area contributed by atoms with Crippen LogP contribution in [0.2, 0.25) is 0 Å². The van der Waals surface area contributed by atoms with E-state index in [1.807, 2.05) is 12.1 Å². The fraction of sp³-hybridized carbons (Fsp3) is 0.316. The van der Waals surface area contributed by atoms with Crippen molar-refractivity contribution >= 4 is 23.0 Å². The third-order valence-electron chi connectivity index (χ3n) is 3.69. The molecule has 2 N–H and O–H groups in total. The lowest BCUT2D eigenvalue weighted by atomic mass is 10.1. The van der Waals surface area contributed by atoms with Gasteiger partial charge in [-0.1, -0.05) is 29.8 Å². The van der Waals surface area contributed by atoms with Gasteiger partial charge in [-0.2, -0.15) is 0 Å². The second-order valence-corrected chi connectivity index (χ2v) is 6.06. The van der Waals surface area contributed by atoms with Gasteiger partial charge in [-0.3, -0.25) is 0 Å². The molecular weight excluding hydrogens is 304 g/mol. The lowest BCUT2D eigenvalue weighted by Crippen LogP contribution is -2.29. The third-order valence-corrected chi connectivity index (χ3v) is 3.94. The predicted molar refractivity (Wildman–Crippen MR) is 101 cm³/mol. The molecule has 0 aromatic heterocycles. The van der Waals surface area contributed by atoms with E-state index in [9.17, 15) is 0 Å². The largest absolute Gasteiger partial charge is 0.497 e. The molecule has 0 aliphatic rings. The Balaban J connectivity index is 1.74. The Bertz CT molecular complexity index is 670. The Morgan fingerprint density at radius 1 is 1.13 bits per heavy atom. The molecule has 0 bridgehead atoms. The molecule has 23 heavy (non-hydrogen) atoms. The fourth-order valence-electron chi connectivity index (χ4n) is 2.44. The van der Waals surface area contributed by atoms with Crippen LogP contribution in [0.25, 0.3) is 0 Å². The highest BCUT2D eigenvalue weighted by Gasteiger charge is 2.01. The molecule has 2 aromatic rings. The zero-order valence-corrected chi connectivity index (χ0v) is 14.8. The molecule has 122 valence electrons. The quantitative estimate of drug-likeness (QED) is 0.614. The molecule has 0 saturated heterocycles. The summed E-state index contributed by atoms with van der Waals surface area (Å²) < 4.78 is 5.24. The molecular formula is C19H24N2OS. The van der Waals surface area contributed by atoms with Gasteiger partial charge < -0.3 is 15.4 Å². The minimum Gasteiger partial charge on any atom is -0.497 e. The Labute approximate surface area is 144 Å². The highest BCUT2D eigenvalue weighted by atomic mass is 32.1. The van der Waals surface area contributed by atoms with Gasteiger partial charge >= 0.3 is 0 Å². The minimum absolute atomic E-state index is 0.669. The summed E-state index contributed by atoms with van der Waals surface area (Å²) in [5.41, 5.74) is 4.79. The molecule has 2 rings (SSSR count). The molecule has 0 amide bonds. The van der Waals surface area contributed by atoms with Crippen molar-refractivity contribution < 1.29 is 4.74 Å². The van der Waals surface area contributed by atoms with Crippen LogP contribution in [0, 0.1) is 13.8 Å². The number of thiocarbonyl (C=S) groups is 1. The van der Waals surface area contributed by atoms with Crippen LogP contribution in [0.15, 0.2) is 42.5 Å². The van der Waals surface area contributed by atoms with Gasteiger partial charge in [0.1, 0.15) is 5.75 Å². The summed E-state index contributed by atoms with van der Waals surface area (Å²) in [5.74, 6) is 0.905. The molecule has 0 unspecified atom stereocenters. The summed E-state index contributed by atoms with van der Waals surface area (Å²) in [6, 6.07) is 14.5. The summed E-state index contributed by atoms with van der Waals surface area (Å²) in [7, 11) is 1.69. The van der Waals surface area contributed by atoms with Crippen LogP contribution in [-0.2, 0) is 6.42 Å². The second-order valence-electron chi connectivity index (χ2n) is 5.65. The highest BCUT2D eigenvalue weighted by Crippen LogP contribution is 2.16. The van der Waals surface area contributed by atoms with Gasteiger partial charge in [-0.05, 0) is 68.2 Å². The van der Waals surface area contributed by atoms with E-state index in [0.717, 1.165) is 30.8 Å². The maximum atomic E-state index is 5.36. The van der Waals surface area contributed by atoms with Gasteiger partial charge in [0.05, 0.1) is 7.11 Å². The zero-order chi connectivity index (χ0) is 16.7. The molecule has 0 saturated carbocycles. The average Bonchev–Trinajstić information content (AvgIpc) is 2.54. The maximum Gasteiger partial charge on any atom is 0.170 e. The molecule has 0 fully saturated rings. The van der Waals surface area contributed by atoms with Crippen molar-refractivity contribution in [3.05, 3.63) is 59.2 Å². The van der Waals surface area contributed by atoms with Crippen LogP contribution in [-0.4, -0.2) is 18.8 Å². The molecule has 0 heterocycles. The number of rotatable bonds is 6. The summed E-state index contributed by atoms with van der Waals surface area (Å²) in [6.07, 6.45) is 2.01. The first-order chi connectivity index (χ1) is 11.1. The zero-order valence-electron chi connectivity index (χ0n) is 14.0. The number of benzene rings is 2. The van der Waals surface area contributed by atoms with Crippen molar-refractivity contribution in [2.45, 2.75) is 26.7 Å². The summed E-state index contributed by atoms with van der Waals surface area (Å²) in [6.45, 7) is 5.01. The number of methoxy groups -OCH3 is 1. The summed E-state index contributed by atoms with van der Waals surface area (Å²) in [5, 5.41) is 7.18. The first-order valence-corrected chi connectivity index (χ1v) is 8.24. The van der Waals surface area contributed by atoms with Gasteiger partial charge in [-0.25, -0.2) is 0 Å². The fourth-order valence-corrected chi connectivity index (χ4v) is 2.65. The SMILES string of the molecule is COc1cccc(CCCNC(=S)Nc2ccc(C)cc2C)c1. The molecule has 0 aliphatic heterocycles. The smallest absolute Gasteiger partial charge is 0.170 e. The number of anilines is 1. The van der Waals surface area contributed by atoms with Gasteiger partial charge in [0.15, 0.2) is 5.11 Å². The normalized spacial score (nSPS) is 10.2. The van der Waals surface area contributed by atoms with Crippen LogP contribution < -0.4 is 15.4 Å². The van der Waals surface area contributed by atoms with Crippen LogP contribution in [0.3, 0.4) is 0 Å². The van der Waals surface area contributed by atoms with Crippen LogP contribution >= 0.6 is 12.2 Å². The topological polar surface area (TPSA) is 33.3 Å². The van der Waals surface area contributed by atoms with E-state index in [-0.39, 0.29) is 0 Å². The van der Waals surface area contributed by atoms with Crippen LogP contribution in [0.1, 0.15) is 23.1 Å². The average molecular weight is 328 g/mol. The lowest BCUT2D eigenvalue weighted by molar-refractivity contribution is 0.414. The van der Waals surface area contributed by atoms with Crippen molar-refractivity contribution in [3.8, 4) is 5.75 Å². The van der Waals surface area contributed by atoms with Gasteiger partial charge in [0.2, 0.25) is 0 Å². The van der Waals surface area contributed by atoms with Crippen molar-refractivity contribution in [2.75, 3.05) is 19.0 Å². The molecule has 0 spiro atoms. The number of hydrogen-bond donors (Lipinski definition) is 2. The third kappa shape index (κ3) is 5.57. The first-order valence-electron chi connectivity index (χ1n) is 7.83. The van der Waals surface area contributed by atoms with E-state index in [4.69, 9.17) is 17.0 Å². The summed E-state index contributed by atoms with van der Waals surface area (Å²) in [4.78, 5) is 0. The van der Waals surface area contributed by atoms with Crippen molar-refractivity contribution in [2.24, 2.45) is 0 Å². The Morgan fingerprint density at radius 3 is 2.70 bits per heavy atom. The number of hydrogen-bond acceptors (Lipinski definition) is 2. The Hall–Kier alpha value is -2.07. The van der Waals surface area contributed by atoms with E-state index >= 15 is 0 Å². The lowest BCUT2D eigenvalue weighted by Gasteiger charge is -2.13. The standard InChI is InChI=1S/C19H24N2OS/c1-14-9-10-18(15(2)12-14)21-19(23)20-11-5-7-16-6-4-8-17(13-16)22-3/h4,6,8-10,12-13H,5,7,11H2,1-3H3,(H2,20,21,23). The van der Waals surface area contributed by atoms with Gasteiger partial charge in [0.25, 0.3) is 0 Å². The van der Waals surface area contributed by atoms with E-state index in [0.29, 0.717) is 5.11 Å². The predicted octanol–water partition coefficient (Wildman–Crippen LogP) is 4.23. The number of aryl methyl sites for hydroxylation is 3. The highest BCUT2D eigenvalue weighted by molar-refractivity contribution is 7.80. The van der Waals surface area contributed by atoms with E-state index in [1.165, 1.54) is 16.7 Å². The molecule has 0 aliphatic carbocycles. The molecule has 3 nitrogen and oxygen atoms in total. The molecule has 4 heteroatoms. The number of ether oxygens (including phenoxy) is 1. The Kier molecular flexibility index (Phi) is 6.41. The first kappa shape index (κ1) is 17.3. The molecule has 0 atom stereocenters. The molecule has 0 radical (unpaired) electrons. The monoisotopic (exact) mass is 328 g/mol. The van der Waals surface area contributed by atoms with E-state index < -0.39 is 0 Å². The van der Waals surface area contributed by atoms with E-state index in [1.54, 1.807) is 7.11 Å². The number of nitrogens with one attached hydrogen (secondary N) is 2. The minimum atomic E-state index is 0.669. The van der Waals surface area contributed by atoms with E-state index in [2.05, 4.69) is 54.8 Å². The summed E-state index contributed by atoms with van der Waals surface area (Å²) >= 11 is 5.36. The molecule has 2 aromatic carbocycles. The van der Waals surface area contributed by atoms with Crippen molar-refractivity contribution in [1.29, 1.82) is 0 Å². The Morgan fingerprint density at radius 2 is 1.96 bits per heavy atom. The maximum absolute atomic E-state index is 5.36. The van der Waals surface area contributed by atoms with Crippen molar-refractivity contribution in [3.63, 3.8) is 0 Å². The van der Waals surface area contributed by atoms with Gasteiger partial charge in [0, 0.05) is 12.2 Å². The van der Waals surface area contributed by atoms with Crippen LogP contribution in [0.5, 0.6) is 5.75 Å².